The molecule has 126 valence electrons. The summed E-state index contributed by atoms with van der Waals surface area (Å²) in [6.45, 7) is 7.26. The Morgan fingerprint density at radius 2 is 1.87 bits per heavy atom. The zero-order chi connectivity index (χ0) is 16.8. The van der Waals surface area contributed by atoms with Crippen LogP contribution in [0.4, 0.5) is 5.69 Å². The third-order valence-corrected chi connectivity index (χ3v) is 4.58. The van der Waals surface area contributed by atoms with Gasteiger partial charge in [-0.3, -0.25) is 9.59 Å². The van der Waals surface area contributed by atoms with E-state index in [9.17, 15) is 9.59 Å². The van der Waals surface area contributed by atoms with E-state index in [2.05, 4.69) is 25.2 Å². The van der Waals surface area contributed by atoms with Gasteiger partial charge in [0.2, 0.25) is 11.8 Å². The highest BCUT2D eigenvalue weighted by Gasteiger charge is 2.20. The fraction of sp³-hybridized carbons (Fsp3) is 0.579. The summed E-state index contributed by atoms with van der Waals surface area (Å²) in [6, 6.07) is 6.09. The van der Waals surface area contributed by atoms with Crippen LogP contribution in [-0.2, 0) is 22.6 Å². The molecule has 0 aromatic heterocycles. The fourth-order valence-electron chi connectivity index (χ4n) is 3.25. The van der Waals surface area contributed by atoms with Crippen molar-refractivity contribution in [3.05, 3.63) is 29.3 Å². The molecular formula is C19H28N2O2. The minimum absolute atomic E-state index is 0.0924. The second-order valence-corrected chi connectivity index (χ2v) is 6.44. The van der Waals surface area contributed by atoms with E-state index in [1.807, 2.05) is 17.0 Å². The number of carbonyl (C=O) groups excluding carboxylic acids is 2. The Morgan fingerprint density at radius 1 is 1.17 bits per heavy atom. The monoisotopic (exact) mass is 316 g/mol. The number of carbonyl (C=O) groups is 2. The van der Waals surface area contributed by atoms with Gasteiger partial charge >= 0.3 is 0 Å². The molecular weight excluding hydrogens is 288 g/mol. The van der Waals surface area contributed by atoms with Gasteiger partial charge < -0.3 is 10.2 Å². The number of hydrogen-bond acceptors (Lipinski definition) is 2. The van der Waals surface area contributed by atoms with Crippen molar-refractivity contribution in [2.75, 3.05) is 11.9 Å². The van der Waals surface area contributed by atoms with Crippen LogP contribution in [0, 0.1) is 5.92 Å². The molecule has 0 saturated heterocycles. The molecule has 0 aliphatic carbocycles. The quantitative estimate of drug-likeness (QED) is 0.869. The first-order valence-electron chi connectivity index (χ1n) is 8.73. The molecule has 1 aromatic carbocycles. The molecule has 1 heterocycles. The third kappa shape index (κ3) is 4.57. The van der Waals surface area contributed by atoms with Crippen LogP contribution >= 0.6 is 0 Å². The van der Waals surface area contributed by atoms with Crippen LogP contribution in [0.3, 0.4) is 0 Å². The number of anilines is 1. The molecule has 1 aliphatic heterocycles. The number of amides is 2. The van der Waals surface area contributed by atoms with E-state index in [0.29, 0.717) is 6.54 Å². The van der Waals surface area contributed by atoms with E-state index in [0.717, 1.165) is 49.9 Å². The molecule has 23 heavy (non-hydrogen) atoms. The zero-order valence-electron chi connectivity index (χ0n) is 14.5. The van der Waals surface area contributed by atoms with Crippen LogP contribution in [0.25, 0.3) is 0 Å². The third-order valence-electron chi connectivity index (χ3n) is 4.58. The Hall–Kier alpha value is -1.84. The molecule has 1 N–H and O–H groups in total. The highest BCUT2D eigenvalue weighted by Crippen LogP contribution is 2.24. The van der Waals surface area contributed by atoms with Gasteiger partial charge in [0.05, 0.1) is 0 Å². The molecule has 0 bridgehead atoms. The second kappa shape index (κ2) is 8.14. The van der Waals surface area contributed by atoms with Crippen LogP contribution in [0.2, 0.25) is 0 Å². The zero-order valence-corrected chi connectivity index (χ0v) is 14.5. The highest BCUT2D eigenvalue weighted by molar-refractivity contribution is 5.92. The largest absolute Gasteiger partial charge is 0.338 e. The number of benzene rings is 1. The average molecular weight is 316 g/mol. The van der Waals surface area contributed by atoms with Gasteiger partial charge in [-0.1, -0.05) is 32.8 Å². The minimum atomic E-state index is 0.0924. The Morgan fingerprint density at radius 3 is 2.48 bits per heavy atom. The van der Waals surface area contributed by atoms with E-state index >= 15 is 0 Å². The Kier molecular flexibility index (Phi) is 6.20. The summed E-state index contributed by atoms with van der Waals surface area (Å²) in [6.07, 6.45) is 4.80. The first-order valence-corrected chi connectivity index (χ1v) is 8.73. The van der Waals surface area contributed by atoms with Crippen molar-refractivity contribution in [3.63, 3.8) is 0 Å². The maximum absolute atomic E-state index is 12.5. The normalized spacial score (nSPS) is 13.8. The van der Waals surface area contributed by atoms with E-state index in [1.165, 1.54) is 5.56 Å². The standard InChI is InChI=1S/C19H28N2O2/c1-4-6-16(7-5-2)19(23)20-18-9-8-15-10-11-21(14(3)22)13-17(15)12-18/h8-9,12,16H,4-7,10-11,13H2,1-3H3,(H,20,23). The lowest BCUT2D eigenvalue weighted by atomic mass is 9.96. The summed E-state index contributed by atoms with van der Waals surface area (Å²) in [5.41, 5.74) is 3.27. The number of rotatable bonds is 6. The SMILES string of the molecule is CCCC(CCC)C(=O)Nc1ccc2c(c1)CN(C(C)=O)CC2. The van der Waals surface area contributed by atoms with Crippen LogP contribution in [0.5, 0.6) is 0 Å². The molecule has 4 nitrogen and oxygen atoms in total. The Labute approximate surface area is 139 Å². The summed E-state index contributed by atoms with van der Waals surface area (Å²) in [5, 5.41) is 3.06. The topological polar surface area (TPSA) is 49.4 Å². The lowest BCUT2D eigenvalue weighted by Crippen LogP contribution is -2.34. The number of nitrogens with zero attached hydrogens (tertiary/aromatic N) is 1. The van der Waals surface area contributed by atoms with Gasteiger partial charge in [-0.15, -0.1) is 0 Å². The van der Waals surface area contributed by atoms with Gasteiger partial charge in [-0.05, 0) is 42.5 Å². The molecule has 2 amide bonds. The van der Waals surface area contributed by atoms with Gasteiger partial charge in [-0.2, -0.15) is 0 Å². The van der Waals surface area contributed by atoms with Crippen molar-refractivity contribution in [2.45, 2.75) is 59.4 Å². The molecule has 0 spiro atoms. The van der Waals surface area contributed by atoms with Crippen LogP contribution in [0.15, 0.2) is 18.2 Å². The summed E-state index contributed by atoms with van der Waals surface area (Å²) in [7, 11) is 0. The Bertz CT molecular complexity index is 562. The van der Waals surface area contributed by atoms with Crippen molar-refractivity contribution in [1.82, 2.24) is 4.90 Å². The average Bonchev–Trinajstić information content (AvgIpc) is 2.53. The minimum Gasteiger partial charge on any atom is -0.338 e. The van der Waals surface area contributed by atoms with E-state index in [1.54, 1.807) is 6.92 Å². The fourth-order valence-corrected chi connectivity index (χ4v) is 3.25. The molecule has 4 heteroatoms. The molecule has 0 saturated carbocycles. The van der Waals surface area contributed by atoms with Gasteiger partial charge in [-0.25, -0.2) is 0 Å². The van der Waals surface area contributed by atoms with Crippen LogP contribution < -0.4 is 5.32 Å². The van der Waals surface area contributed by atoms with Gasteiger partial charge in [0.25, 0.3) is 0 Å². The van der Waals surface area contributed by atoms with Gasteiger partial charge in [0.1, 0.15) is 0 Å². The van der Waals surface area contributed by atoms with Crippen molar-refractivity contribution in [3.8, 4) is 0 Å². The van der Waals surface area contributed by atoms with Crippen molar-refractivity contribution < 1.29 is 9.59 Å². The molecule has 0 fully saturated rings. The number of hydrogen-bond donors (Lipinski definition) is 1. The summed E-state index contributed by atoms with van der Waals surface area (Å²) >= 11 is 0. The predicted octanol–water partition coefficient (Wildman–Crippen LogP) is 3.75. The molecule has 1 aliphatic rings. The van der Waals surface area contributed by atoms with Crippen molar-refractivity contribution in [1.29, 1.82) is 0 Å². The van der Waals surface area contributed by atoms with E-state index < -0.39 is 0 Å². The Balaban J connectivity index is 2.08. The maximum Gasteiger partial charge on any atom is 0.227 e. The molecule has 0 unspecified atom stereocenters. The lowest BCUT2D eigenvalue weighted by molar-refractivity contribution is -0.129. The number of nitrogens with one attached hydrogen (secondary N) is 1. The first-order chi connectivity index (χ1) is 11.0. The van der Waals surface area contributed by atoms with Gasteiger partial charge in [0.15, 0.2) is 0 Å². The number of fused-ring (bicyclic) bond motifs is 1. The molecule has 2 rings (SSSR count). The predicted molar refractivity (Wildman–Crippen MR) is 93.2 cm³/mol. The van der Waals surface area contributed by atoms with Crippen molar-refractivity contribution >= 4 is 17.5 Å². The summed E-state index contributed by atoms with van der Waals surface area (Å²) < 4.78 is 0. The van der Waals surface area contributed by atoms with Crippen LogP contribution in [-0.4, -0.2) is 23.3 Å². The molecule has 1 aromatic rings. The highest BCUT2D eigenvalue weighted by atomic mass is 16.2. The maximum atomic E-state index is 12.5. The van der Waals surface area contributed by atoms with E-state index in [4.69, 9.17) is 0 Å². The smallest absolute Gasteiger partial charge is 0.227 e. The van der Waals surface area contributed by atoms with Crippen molar-refractivity contribution in [2.24, 2.45) is 5.92 Å². The van der Waals surface area contributed by atoms with Crippen LogP contribution in [0.1, 0.15) is 57.6 Å². The molecule has 0 radical (unpaired) electrons. The summed E-state index contributed by atoms with van der Waals surface area (Å²) in [4.78, 5) is 25.9. The first kappa shape index (κ1) is 17.5. The van der Waals surface area contributed by atoms with E-state index in [-0.39, 0.29) is 17.7 Å². The van der Waals surface area contributed by atoms with Gasteiger partial charge in [0, 0.05) is 31.6 Å². The molecule has 0 atom stereocenters. The summed E-state index contributed by atoms with van der Waals surface area (Å²) in [5.74, 6) is 0.318. The second-order valence-electron chi connectivity index (χ2n) is 6.44. The lowest BCUT2D eigenvalue weighted by Gasteiger charge is -2.28.